The summed E-state index contributed by atoms with van der Waals surface area (Å²) in [7, 11) is 0. The summed E-state index contributed by atoms with van der Waals surface area (Å²) in [6, 6.07) is 14.1. The maximum absolute atomic E-state index is 7.62. The zero-order valence-corrected chi connectivity index (χ0v) is 13.0. The van der Waals surface area contributed by atoms with E-state index in [1.807, 2.05) is 24.3 Å². The molecule has 0 aliphatic carbocycles. The molecule has 0 saturated heterocycles. The van der Waals surface area contributed by atoms with E-state index >= 15 is 0 Å². The van der Waals surface area contributed by atoms with Crippen molar-refractivity contribution in [3.63, 3.8) is 0 Å². The molecule has 0 aromatic heterocycles. The minimum atomic E-state index is 0.111. The molecular weight excluding hydrogens is 320 g/mol. The van der Waals surface area contributed by atoms with Crippen LogP contribution in [0.15, 0.2) is 51.8 Å². The van der Waals surface area contributed by atoms with Gasteiger partial charge in [-0.15, -0.1) is 11.8 Å². The van der Waals surface area contributed by atoms with Gasteiger partial charge in [-0.1, -0.05) is 40.2 Å². The van der Waals surface area contributed by atoms with Gasteiger partial charge >= 0.3 is 0 Å². The number of nitrogens with two attached hydrogens (primary N) is 1. The summed E-state index contributed by atoms with van der Waals surface area (Å²) < 4.78 is 1.00. The van der Waals surface area contributed by atoms with Gasteiger partial charge in [-0.25, -0.2) is 0 Å². The first-order valence-electron chi connectivity index (χ1n) is 5.89. The van der Waals surface area contributed by atoms with E-state index in [1.165, 1.54) is 11.1 Å². The third kappa shape index (κ3) is 3.61. The van der Waals surface area contributed by atoms with Crippen LogP contribution in [0.5, 0.6) is 0 Å². The predicted molar refractivity (Wildman–Crippen MR) is 85.9 cm³/mol. The zero-order valence-electron chi connectivity index (χ0n) is 10.6. The molecule has 0 unspecified atom stereocenters. The highest BCUT2D eigenvalue weighted by molar-refractivity contribution is 9.10. The van der Waals surface area contributed by atoms with Crippen molar-refractivity contribution in [3.8, 4) is 0 Å². The summed E-state index contributed by atoms with van der Waals surface area (Å²) in [6.45, 7) is 2.11. The Kier molecular flexibility index (Phi) is 4.66. The minimum Gasteiger partial charge on any atom is -0.384 e. The van der Waals surface area contributed by atoms with Gasteiger partial charge in [-0.3, -0.25) is 5.41 Å². The molecule has 0 amide bonds. The van der Waals surface area contributed by atoms with Crippen LogP contribution < -0.4 is 5.73 Å². The topological polar surface area (TPSA) is 49.9 Å². The van der Waals surface area contributed by atoms with Gasteiger partial charge in [0.15, 0.2) is 0 Å². The molecule has 0 aliphatic heterocycles. The molecule has 2 aromatic rings. The van der Waals surface area contributed by atoms with Gasteiger partial charge in [-0.05, 0) is 36.2 Å². The average molecular weight is 335 g/mol. The lowest BCUT2D eigenvalue weighted by atomic mass is 10.1. The highest BCUT2D eigenvalue weighted by Crippen LogP contribution is 2.29. The molecule has 2 nitrogen and oxygen atoms in total. The van der Waals surface area contributed by atoms with Crippen molar-refractivity contribution >= 4 is 33.5 Å². The zero-order chi connectivity index (χ0) is 13.8. The van der Waals surface area contributed by atoms with Gasteiger partial charge in [0.2, 0.25) is 0 Å². The second kappa shape index (κ2) is 6.26. The lowest BCUT2D eigenvalue weighted by Gasteiger charge is -2.10. The highest BCUT2D eigenvalue weighted by atomic mass is 79.9. The second-order valence-corrected chi connectivity index (χ2v) is 6.20. The quantitative estimate of drug-likeness (QED) is 0.496. The van der Waals surface area contributed by atoms with Crippen molar-refractivity contribution in [2.45, 2.75) is 17.6 Å². The van der Waals surface area contributed by atoms with Crippen LogP contribution in [0, 0.1) is 12.3 Å². The van der Waals surface area contributed by atoms with Crippen molar-refractivity contribution in [1.82, 2.24) is 0 Å². The van der Waals surface area contributed by atoms with Crippen LogP contribution in [0.1, 0.15) is 16.7 Å². The predicted octanol–water partition coefficient (Wildman–Crippen LogP) is 4.33. The van der Waals surface area contributed by atoms with Crippen LogP contribution in [0.4, 0.5) is 0 Å². The van der Waals surface area contributed by atoms with Crippen molar-refractivity contribution < 1.29 is 0 Å². The van der Waals surface area contributed by atoms with Gasteiger partial charge in [0, 0.05) is 20.7 Å². The van der Waals surface area contributed by atoms with E-state index in [0.29, 0.717) is 0 Å². The Morgan fingerprint density at radius 3 is 2.68 bits per heavy atom. The number of nitrogen functional groups attached to an aromatic ring is 1. The lowest BCUT2D eigenvalue weighted by molar-refractivity contribution is 1.28. The van der Waals surface area contributed by atoms with E-state index in [1.54, 1.807) is 11.8 Å². The van der Waals surface area contributed by atoms with E-state index in [2.05, 4.69) is 41.1 Å². The molecule has 0 bridgehead atoms. The fourth-order valence-corrected chi connectivity index (χ4v) is 3.46. The first-order chi connectivity index (χ1) is 9.08. The van der Waals surface area contributed by atoms with Crippen molar-refractivity contribution in [1.29, 1.82) is 5.41 Å². The molecule has 0 saturated carbocycles. The number of hydrogen-bond donors (Lipinski definition) is 2. The van der Waals surface area contributed by atoms with E-state index in [-0.39, 0.29) is 5.84 Å². The van der Waals surface area contributed by atoms with Crippen LogP contribution >= 0.6 is 27.7 Å². The van der Waals surface area contributed by atoms with E-state index in [0.717, 1.165) is 20.7 Å². The third-order valence-electron chi connectivity index (χ3n) is 2.88. The Morgan fingerprint density at radius 2 is 2.00 bits per heavy atom. The maximum atomic E-state index is 7.62. The fraction of sp³-hybridized carbons (Fsp3) is 0.133. The monoisotopic (exact) mass is 334 g/mol. The van der Waals surface area contributed by atoms with Gasteiger partial charge < -0.3 is 5.73 Å². The standard InChI is InChI=1S/C15H15BrN2S/c1-10-4-2-3-5-11(10)9-19-14-8-12(16)6-7-13(14)15(17)18/h2-8H,9H2,1H3,(H3,17,18). The Morgan fingerprint density at radius 1 is 1.26 bits per heavy atom. The van der Waals surface area contributed by atoms with E-state index in [4.69, 9.17) is 11.1 Å². The number of rotatable bonds is 4. The molecule has 19 heavy (non-hydrogen) atoms. The van der Waals surface area contributed by atoms with E-state index in [9.17, 15) is 0 Å². The molecule has 0 radical (unpaired) electrons. The SMILES string of the molecule is Cc1ccccc1CSc1cc(Br)ccc1C(=N)N. The van der Waals surface area contributed by atoms with Crippen LogP contribution in [-0.4, -0.2) is 5.84 Å². The normalized spacial score (nSPS) is 10.4. The first-order valence-corrected chi connectivity index (χ1v) is 7.67. The Balaban J connectivity index is 2.22. The van der Waals surface area contributed by atoms with Crippen molar-refractivity contribution in [2.75, 3.05) is 0 Å². The number of aryl methyl sites for hydroxylation is 1. The molecule has 0 atom stereocenters. The lowest BCUT2D eigenvalue weighted by Crippen LogP contribution is -2.12. The molecule has 0 fully saturated rings. The van der Waals surface area contributed by atoms with Gasteiger partial charge in [0.05, 0.1) is 0 Å². The third-order valence-corrected chi connectivity index (χ3v) is 4.48. The first kappa shape index (κ1) is 14.2. The Labute approximate surface area is 126 Å². The molecule has 0 heterocycles. The van der Waals surface area contributed by atoms with Crippen molar-refractivity contribution in [3.05, 3.63) is 63.6 Å². The largest absolute Gasteiger partial charge is 0.384 e. The smallest absolute Gasteiger partial charge is 0.123 e. The highest BCUT2D eigenvalue weighted by Gasteiger charge is 2.07. The average Bonchev–Trinajstić information content (AvgIpc) is 2.37. The van der Waals surface area contributed by atoms with Crippen LogP contribution in [0.2, 0.25) is 0 Å². The van der Waals surface area contributed by atoms with Gasteiger partial charge in [0.1, 0.15) is 5.84 Å². The molecule has 2 aromatic carbocycles. The van der Waals surface area contributed by atoms with Gasteiger partial charge in [0.25, 0.3) is 0 Å². The summed E-state index contributed by atoms with van der Waals surface area (Å²) in [6.07, 6.45) is 0. The molecule has 3 N–H and O–H groups in total. The molecule has 0 spiro atoms. The van der Waals surface area contributed by atoms with Crippen LogP contribution in [0.25, 0.3) is 0 Å². The van der Waals surface area contributed by atoms with Crippen molar-refractivity contribution in [2.24, 2.45) is 5.73 Å². The number of nitrogens with one attached hydrogen (secondary N) is 1. The summed E-state index contributed by atoms with van der Waals surface area (Å²) in [5, 5.41) is 7.62. The Hall–Kier alpha value is -1.26. The summed E-state index contributed by atoms with van der Waals surface area (Å²) in [5.74, 6) is 0.989. The Bertz CT molecular complexity index is 611. The number of hydrogen-bond acceptors (Lipinski definition) is 2. The number of halogens is 1. The molecule has 2 rings (SSSR count). The van der Waals surface area contributed by atoms with E-state index < -0.39 is 0 Å². The maximum Gasteiger partial charge on any atom is 0.123 e. The number of amidine groups is 1. The number of benzene rings is 2. The summed E-state index contributed by atoms with van der Waals surface area (Å²) in [4.78, 5) is 1.03. The van der Waals surface area contributed by atoms with Gasteiger partial charge in [-0.2, -0.15) is 0 Å². The van der Waals surface area contributed by atoms with Crippen LogP contribution in [-0.2, 0) is 5.75 Å². The summed E-state index contributed by atoms with van der Waals surface area (Å²) >= 11 is 5.17. The van der Waals surface area contributed by atoms with Crippen LogP contribution in [0.3, 0.4) is 0 Å². The number of thioether (sulfide) groups is 1. The minimum absolute atomic E-state index is 0.111. The molecule has 98 valence electrons. The molecular formula is C15H15BrN2S. The second-order valence-electron chi connectivity index (χ2n) is 4.27. The fourth-order valence-electron chi connectivity index (χ4n) is 1.77. The summed E-state index contributed by atoms with van der Waals surface area (Å²) in [5.41, 5.74) is 9.01. The molecule has 4 heteroatoms. The molecule has 0 aliphatic rings.